The van der Waals surface area contributed by atoms with Crippen LogP contribution in [0.4, 0.5) is 0 Å². The van der Waals surface area contributed by atoms with Crippen molar-refractivity contribution in [2.75, 3.05) is 0 Å². The van der Waals surface area contributed by atoms with Crippen LogP contribution < -0.4 is 5.32 Å². The zero-order valence-corrected chi connectivity index (χ0v) is 6.56. The largest absolute Gasteiger partial charge is 0.311 e. The molecule has 1 unspecified atom stereocenters. The summed E-state index contributed by atoms with van der Waals surface area (Å²) in [6.07, 6.45) is 4.84. The quantitative estimate of drug-likeness (QED) is 0.533. The summed E-state index contributed by atoms with van der Waals surface area (Å²) in [4.78, 5) is 15.1. The van der Waals surface area contributed by atoms with Gasteiger partial charge < -0.3 is 5.32 Å². The van der Waals surface area contributed by atoms with Gasteiger partial charge >= 0.3 is 0 Å². The molecule has 5 nitrogen and oxygen atoms in total. The highest BCUT2D eigenvalue weighted by Gasteiger charge is 2.27. The van der Waals surface area contributed by atoms with E-state index in [1.54, 1.807) is 30.5 Å². The van der Waals surface area contributed by atoms with Crippen LogP contribution in [0.2, 0.25) is 0 Å². The standard InChI is InChI=1S/C7H8N4O/c1-5-9-7(12)6-4-8-2-3-11(6)10-5/h2-4,6H,1H3,(H,9,10,12). The summed E-state index contributed by atoms with van der Waals surface area (Å²) in [7, 11) is 0. The van der Waals surface area contributed by atoms with Gasteiger partial charge in [-0.3, -0.25) is 14.8 Å². The number of nitrogens with one attached hydrogen (secondary N) is 1. The Morgan fingerprint density at radius 2 is 2.50 bits per heavy atom. The van der Waals surface area contributed by atoms with E-state index in [2.05, 4.69) is 15.4 Å². The maximum absolute atomic E-state index is 11.3. The van der Waals surface area contributed by atoms with E-state index in [0.717, 1.165) is 0 Å². The first-order chi connectivity index (χ1) is 5.77. The first-order valence-electron chi connectivity index (χ1n) is 3.62. The second kappa shape index (κ2) is 2.44. The van der Waals surface area contributed by atoms with Crippen LogP contribution in [-0.2, 0) is 4.79 Å². The van der Waals surface area contributed by atoms with Gasteiger partial charge in [-0.05, 0) is 6.92 Å². The lowest BCUT2D eigenvalue weighted by Crippen LogP contribution is -2.51. The summed E-state index contributed by atoms with van der Waals surface area (Å²) in [5, 5.41) is 8.30. The summed E-state index contributed by atoms with van der Waals surface area (Å²) < 4.78 is 0. The molecule has 0 aromatic carbocycles. The van der Waals surface area contributed by atoms with Gasteiger partial charge in [0.2, 0.25) is 0 Å². The normalized spacial score (nSPS) is 26.4. The molecular formula is C7H8N4O. The van der Waals surface area contributed by atoms with Crippen molar-refractivity contribution in [1.29, 1.82) is 0 Å². The van der Waals surface area contributed by atoms with Crippen molar-refractivity contribution in [1.82, 2.24) is 10.3 Å². The van der Waals surface area contributed by atoms with E-state index >= 15 is 0 Å². The minimum absolute atomic E-state index is 0.0874. The zero-order valence-electron chi connectivity index (χ0n) is 6.56. The van der Waals surface area contributed by atoms with Crippen LogP contribution in [-0.4, -0.2) is 29.0 Å². The number of nitrogens with zero attached hydrogens (tertiary/aromatic N) is 3. The lowest BCUT2D eigenvalue weighted by atomic mass is 10.2. The van der Waals surface area contributed by atoms with Crippen LogP contribution in [0.25, 0.3) is 0 Å². The monoisotopic (exact) mass is 164 g/mol. The van der Waals surface area contributed by atoms with Gasteiger partial charge in [0.15, 0.2) is 6.04 Å². The fraction of sp³-hybridized carbons (Fsp3) is 0.286. The number of rotatable bonds is 0. The van der Waals surface area contributed by atoms with E-state index in [1.807, 2.05) is 0 Å². The van der Waals surface area contributed by atoms with Crippen LogP contribution >= 0.6 is 0 Å². The van der Waals surface area contributed by atoms with E-state index in [1.165, 1.54) is 0 Å². The molecule has 0 fully saturated rings. The molecule has 5 heteroatoms. The third kappa shape index (κ3) is 0.990. The predicted molar refractivity (Wildman–Crippen MR) is 44.5 cm³/mol. The third-order valence-electron chi connectivity index (χ3n) is 1.66. The first-order valence-corrected chi connectivity index (χ1v) is 3.62. The molecule has 0 aromatic rings. The number of carbonyl (C=O) groups is 1. The topological polar surface area (TPSA) is 57.1 Å². The number of hydrazone groups is 1. The predicted octanol–water partition coefficient (Wildman–Crippen LogP) is -0.324. The van der Waals surface area contributed by atoms with Crippen LogP contribution in [0.1, 0.15) is 6.92 Å². The Balaban J connectivity index is 2.34. The zero-order chi connectivity index (χ0) is 8.55. The number of fused-ring (bicyclic) bond motifs is 1. The van der Waals surface area contributed by atoms with Crippen molar-refractivity contribution in [2.45, 2.75) is 13.0 Å². The Hall–Kier alpha value is -1.65. The number of amides is 1. The molecule has 2 rings (SSSR count). The molecule has 62 valence electrons. The minimum Gasteiger partial charge on any atom is -0.311 e. The number of hydrogen-bond acceptors (Lipinski definition) is 4. The fourth-order valence-corrected chi connectivity index (χ4v) is 1.13. The lowest BCUT2D eigenvalue weighted by molar-refractivity contribution is -0.122. The SMILES string of the molecule is CC1=NN2C=CN=CC2C(=O)N1. The molecule has 0 radical (unpaired) electrons. The van der Waals surface area contributed by atoms with Crippen LogP contribution in [0.15, 0.2) is 22.5 Å². The van der Waals surface area contributed by atoms with Crippen LogP contribution in [0.5, 0.6) is 0 Å². The van der Waals surface area contributed by atoms with E-state index in [4.69, 9.17) is 0 Å². The van der Waals surface area contributed by atoms with Crippen molar-refractivity contribution >= 4 is 18.0 Å². The fourth-order valence-electron chi connectivity index (χ4n) is 1.13. The van der Waals surface area contributed by atoms with Gasteiger partial charge in [0, 0.05) is 18.6 Å². The Bertz CT molecular complexity index is 305. The van der Waals surface area contributed by atoms with Gasteiger partial charge in [0.25, 0.3) is 5.91 Å². The van der Waals surface area contributed by atoms with E-state index in [9.17, 15) is 4.79 Å². The van der Waals surface area contributed by atoms with Gasteiger partial charge in [-0.15, -0.1) is 0 Å². The van der Waals surface area contributed by atoms with Crippen molar-refractivity contribution in [3.05, 3.63) is 12.4 Å². The number of hydrogen-bond donors (Lipinski definition) is 1. The molecule has 2 heterocycles. The molecule has 0 saturated heterocycles. The Kier molecular flexibility index (Phi) is 1.43. The molecule has 0 aromatic heterocycles. The highest BCUT2D eigenvalue weighted by atomic mass is 16.2. The molecule has 1 atom stereocenters. The van der Waals surface area contributed by atoms with Crippen LogP contribution in [0.3, 0.4) is 0 Å². The molecule has 0 saturated carbocycles. The Morgan fingerprint density at radius 1 is 1.67 bits per heavy atom. The van der Waals surface area contributed by atoms with Gasteiger partial charge in [0.05, 0.1) is 0 Å². The van der Waals surface area contributed by atoms with Gasteiger partial charge in [-0.2, -0.15) is 5.10 Å². The van der Waals surface area contributed by atoms with Crippen molar-refractivity contribution in [3.8, 4) is 0 Å². The number of carbonyl (C=O) groups excluding carboxylic acids is 1. The molecule has 12 heavy (non-hydrogen) atoms. The summed E-state index contributed by atoms with van der Waals surface area (Å²) in [6, 6.07) is -0.376. The second-order valence-corrected chi connectivity index (χ2v) is 2.60. The second-order valence-electron chi connectivity index (χ2n) is 2.60. The summed E-state index contributed by atoms with van der Waals surface area (Å²) in [5.74, 6) is 0.520. The lowest BCUT2D eigenvalue weighted by Gasteiger charge is -2.28. The Morgan fingerprint density at radius 3 is 3.33 bits per heavy atom. The van der Waals surface area contributed by atoms with Crippen LogP contribution in [0, 0.1) is 0 Å². The molecule has 1 amide bonds. The Labute approximate surface area is 69.5 Å². The summed E-state index contributed by atoms with van der Waals surface area (Å²) >= 11 is 0. The molecule has 2 aliphatic heterocycles. The molecule has 2 aliphatic rings. The minimum atomic E-state index is -0.376. The van der Waals surface area contributed by atoms with Gasteiger partial charge in [-0.1, -0.05) is 0 Å². The molecular weight excluding hydrogens is 156 g/mol. The van der Waals surface area contributed by atoms with Crippen molar-refractivity contribution in [3.63, 3.8) is 0 Å². The highest BCUT2D eigenvalue weighted by Crippen LogP contribution is 2.08. The third-order valence-corrected chi connectivity index (χ3v) is 1.66. The number of aliphatic imine (C=N–C) groups is 1. The van der Waals surface area contributed by atoms with Crippen molar-refractivity contribution in [2.24, 2.45) is 10.1 Å². The number of amidine groups is 1. The molecule has 0 bridgehead atoms. The maximum atomic E-state index is 11.3. The molecule has 0 aliphatic carbocycles. The van der Waals surface area contributed by atoms with Gasteiger partial charge in [-0.25, -0.2) is 0 Å². The average molecular weight is 164 g/mol. The molecule has 1 N–H and O–H groups in total. The first kappa shape index (κ1) is 7.02. The molecule has 0 spiro atoms. The smallest absolute Gasteiger partial charge is 0.255 e. The summed E-state index contributed by atoms with van der Waals surface area (Å²) in [5.41, 5.74) is 0. The van der Waals surface area contributed by atoms with Crippen molar-refractivity contribution < 1.29 is 4.79 Å². The highest BCUT2D eigenvalue weighted by molar-refractivity contribution is 6.08. The summed E-state index contributed by atoms with van der Waals surface area (Å²) in [6.45, 7) is 1.74. The van der Waals surface area contributed by atoms with Gasteiger partial charge in [0.1, 0.15) is 5.84 Å². The maximum Gasteiger partial charge on any atom is 0.255 e. The average Bonchev–Trinajstić information content (AvgIpc) is 2.04. The van der Waals surface area contributed by atoms with E-state index in [0.29, 0.717) is 5.84 Å². The van der Waals surface area contributed by atoms with E-state index < -0.39 is 0 Å². The van der Waals surface area contributed by atoms with E-state index in [-0.39, 0.29) is 11.9 Å².